The fraction of sp³-hybridized carbons (Fsp3) is 0.333. The van der Waals surface area contributed by atoms with Crippen LogP contribution in [-0.2, 0) is 5.75 Å². The minimum absolute atomic E-state index is 0.189. The summed E-state index contributed by atoms with van der Waals surface area (Å²) in [6.45, 7) is -0.265. The standard InChI is InChI=1S/C12H13ClN2O3S/c13-8-1-2-11-14-9(3-12(18)15(11)4-8)6-19-7-10(17)5-16/h1-4,10,16-17H,5-7H2. The lowest BCUT2D eigenvalue weighted by molar-refractivity contribution is 0.113. The molecule has 0 aliphatic rings. The summed E-state index contributed by atoms with van der Waals surface area (Å²) in [6.07, 6.45) is 0.781. The lowest BCUT2D eigenvalue weighted by Crippen LogP contribution is -2.16. The van der Waals surface area contributed by atoms with Crippen LogP contribution < -0.4 is 5.56 Å². The molecule has 2 heterocycles. The van der Waals surface area contributed by atoms with Crippen LogP contribution in [-0.4, -0.2) is 38.1 Å². The molecule has 0 bridgehead atoms. The highest BCUT2D eigenvalue weighted by Crippen LogP contribution is 2.12. The molecule has 0 radical (unpaired) electrons. The number of aliphatic hydroxyl groups is 2. The van der Waals surface area contributed by atoms with Gasteiger partial charge in [0.15, 0.2) is 0 Å². The summed E-state index contributed by atoms with van der Waals surface area (Å²) >= 11 is 7.23. The van der Waals surface area contributed by atoms with E-state index in [-0.39, 0.29) is 12.2 Å². The van der Waals surface area contributed by atoms with E-state index in [1.165, 1.54) is 28.4 Å². The van der Waals surface area contributed by atoms with Gasteiger partial charge in [-0.2, -0.15) is 11.8 Å². The second kappa shape index (κ2) is 6.38. The van der Waals surface area contributed by atoms with Crippen molar-refractivity contribution in [1.29, 1.82) is 0 Å². The SMILES string of the molecule is O=c1cc(CSCC(O)CO)nc2ccc(Cl)cn12. The smallest absolute Gasteiger partial charge is 0.258 e. The van der Waals surface area contributed by atoms with Gasteiger partial charge in [0.1, 0.15) is 5.65 Å². The predicted octanol–water partition coefficient (Wildman–Crippen LogP) is 0.934. The molecule has 0 aliphatic heterocycles. The number of aromatic nitrogens is 2. The number of nitrogens with zero attached hydrogens (tertiary/aromatic N) is 2. The number of hydrogen-bond donors (Lipinski definition) is 2. The molecular weight excluding hydrogens is 288 g/mol. The van der Waals surface area contributed by atoms with Gasteiger partial charge in [-0.25, -0.2) is 4.98 Å². The van der Waals surface area contributed by atoms with Crippen LogP contribution in [0.2, 0.25) is 5.02 Å². The number of hydrogen-bond acceptors (Lipinski definition) is 5. The Balaban J connectivity index is 2.17. The van der Waals surface area contributed by atoms with E-state index in [9.17, 15) is 9.90 Å². The first kappa shape index (κ1) is 14.3. The highest BCUT2D eigenvalue weighted by atomic mass is 35.5. The first-order valence-corrected chi connectivity index (χ1v) is 7.18. The van der Waals surface area contributed by atoms with E-state index in [1.54, 1.807) is 12.1 Å². The van der Waals surface area contributed by atoms with Crippen LogP contribution >= 0.6 is 23.4 Å². The lowest BCUT2D eigenvalue weighted by Gasteiger charge is -2.07. The normalized spacial score (nSPS) is 12.8. The zero-order valence-electron chi connectivity index (χ0n) is 9.99. The molecule has 0 aromatic carbocycles. The second-order valence-corrected chi connectivity index (χ2v) is 5.48. The third kappa shape index (κ3) is 3.70. The van der Waals surface area contributed by atoms with Crippen LogP contribution in [0, 0.1) is 0 Å². The zero-order valence-corrected chi connectivity index (χ0v) is 11.6. The van der Waals surface area contributed by atoms with E-state index in [4.69, 9.17) is 16.7 Å². The van der Waals surface area contributed by atoms with E-state index >= 15 is 0 Å². The summed E-state index contributed by atoms with van der Waals surface area (Å²) in [6, 6.07) is 4.80. The molecule has 2 aromatic rings. The van der Waals surface area contributed by atoms with E-state index in [2.05, 4.69) is 4.98 Å². The molecule has 19 heavy (non-hydrogen) atoms. The Morgan fingerprint density at radius 1 is 1.47 bits per heavy atom. The van der Waals surface area contributed by atoms with E-state index < -0.39 is 6.10 Å². The van der Waals surface area contributed by atoms with Gasteiger partial charge >= 0.3 is 0 Å². The van der Waals surface area contributed by atoms with Crippen molar-refractivity contribution in [3.05, 3.63) is 45.5 Å². The van der Waals surface area contributed by atoms with Gasteiger partial charge in [0.25, 0.3) is 5.56 Å². The molecule has 2 aromatic heterocycles. The van der Waals surface area contributed by atoms with Gasteiger partial charge in [0.05, 0.1) is 23.4 Å². The fourth-order valence-electron chi connectivity index (χ4n) is 1.55. The van der Waals surface area contributed by atoms with Crippen molar-refractivity contribution in [2.24, 2.45) is 0 Å². The summed E-state index contributed by atoms with van der Waals surface area (Å²) in [5.74, 6) is 0.906. The molecule has 102 valence electrons. The first-order valence-electron chi connectivity index (χ1n) is 5.64. The number of halogens is 1. The molecular formula is C12H13ClN2O3S. The molecule has 1 unspecified atom stereocenters. The third-order valence-electron chi connectivity index (χ3n) is 2.45. The lowest BCUT2D eigenvalue weighted by atomic mass is 10.4. The maximum atomic E-state index is 11.9. The molecule has 0 aliphatic carbocycles. The monoisotopic (exact) mass is 300 g/mol. The van der Waals surface area contributed by atoms with Crippen LogP contribution in [0.3, 0.4) is 0 Å². The van der Waals surface area contributed by atoms with E-state index in [1.807, 2.05) is 0 Å². The molecule has 1 atom stereocenters. The molecule has 0 amide bonds. The van der Waals surface area contributed by atoms with Crippen molar-refractivity contribution >= 4 is 29.0 Å². The van der Waals surface area contributed by atoms with Crippen LogP contribution in [0.4, 0.5) is 0 Å². The Kier molecular flexibility index (Phi) is 4.81. The fourth-order valence-corrected chi connectivity index (χ4v) is 2.57. The van der Waals surface area contributed by atoms with Gasteiger partial charge < -0.3 is 10.2 Å². The number of thioether (sulfide) groups is 1. The Hall–Kier alpha value is -1.08. The van der Waals surface area contributed by atoms with Crippen molar-refractivity contribution in [1.82, 2.24) is 9.38 Å². The van der Waals surface area contributed by atoms with Gasteiger partial charge in [-0.1, -0.05) is 11.6 Å². The highest BCUT2D eigenvalue weighted by molar-refractivity contribution is 7.98. The van der Waals surface area contributed by atoms with Crippen molar-refractivity contribution in [2.45, 2.75) is 11.9 Å². The number of fused-ring (bicyclic) bond motifs is 1. The molecule has 5 nitrogen and oxygen atoms in total. The maximum absolute atomic E-state index is 11.9. The van der Waals surface area contributed by atoms with E-state index in [0.29, 0.717) is 27.9 Å². The van der Waals surface area contributed by atoms with E-state index in [0.717, 1.165) is 0 Å². The van der Waals surface area contributed by atoms with Gasteiger partial charge in [0.2, 0.25) is 0 Å². The zero-order chi connectivity index (χ0) is 13.8. The Morgan fingerprint density at radius 3 is 3.00 bits per heavy atom. The number of pyridine rings is 1. The number of aliphatic hydroxyl groups excluding tert-OH is 2. The highest BCUT2D eigenvalue weighted by Gasteiger charge is 2.05. The predicted molar refractivity (Wildman–Crippen MR) is 75.7 cm³/mol. The largest absolute Gasteiger partial charge is 0.394 e. The molecule has 0 spiro atoms. The molecule has 2 rings (SSSR count). The average Bonchev–Trinajstić information content (AvgIpc) is 2.39. The van der Waals surface area contributed by atoms with Gasteiger partial charge in [-0.15, -0.1) is 0 Å². The van der Waals surface area contributed by atoms with Crippen molar-refractivity contribution in [3.8, 4) is 0 Å². The van der Waals surface area contributed by atoms with Gasteiger partial charge in [-0.05, 0) is 12.1 Å². The van der Waals surface area contributed by atoms with Gasteiger partial charge in [-0.3, -0.25) is 9.20 Å². The topological polar surface area (TPSA) is 74.8 Å². The van der Waals surface area contributed by atoms with Crippen LogP contribution in [0.1, 0.15) is 5.69 Å². The van der Waals surface area contributed by atoms with Crippen LogP contribution in [0.5, 0.6) is 0 Å². The minimum atomic E-state index is -0.745. The third-order valence-corrected chi connectivity index (χ3v) is 3.79. The Bertz CT molecular complexity index is 632. The second-order valence-electron chi connectivity index (χ2n) is 4.01. The summed E-state index contributed by atoms with van der Waals surface area (Å²) in [7, 11) is 0. The number of rotatable bonds is 5. The molecule has 7 heteroatoms. The molecule has 2 N–H and O–H groups in total. The molecule has 0 saturated carbocycles. The molecule has 0 fully saturated rings. The maximum Gasteiger partial charge on any atom is 0.258 e. The summed E-state index contributed by atoms with van der Waals surface area (Å²) < 4.78 is 1.39. The van der Waals surface area contributed by atoms with Crippen molar-refractivity contribution in [3.63, 3.8) is 0 Å². The van der Waals surface area contributed by atoms with Crippen LogP contribution in [0.15, 0.2) is 29.2 Å². The Labute approximate surface area is 118 Å². The molecule has 0 saturated heterocycles. The minimum Gasteiger partial charge on any atom is -0.394 e. The van der Waals surface area contributed by atoms with Crippen molar-refractivity contribution in [2.75, 3.05) is 12.4 Å². The Morgan fingerprint density at radius 2 is 2.26 bits per heavy atom. The van der Waals surface area contributed by atoms with Crippen molar-refractivity contribution < 1.29 is 10.2 Å². The summed E-state index contributed by atoms with van der Waals surface area (Å²) in [5.41, 5.74) is 0.989. The van der Waals surface area contributed by atoms with Gasteiger partial charge in [0, 0.05) is 23.8 Å². The quantitative estimate of drug-likeness (QED) is 0.859. The van der Waals surface area contributed by atoms with Crippen LogP contribution in [0.25, 0.3) is 5.65 Å². The summed E-state index contributed by atoms with van der Waals surface area (Å²) in [5, 5.41) is 18.4. The summed E-state index contributed by atoms with van der Waals surface area (Å²) in [4.78, 5) is 16.2. The first-order chi connectivity index (χ1) is 9.10. The average molecular weight is 301 g/mol.